The molecule has 0 aromatic heterocycles. The molecule has 1 aromatic carbocycles. The highest BCUT2D eigenvalue weighted by atomic mass is 32.2. The standard InChI is InChI=1S/C22H29N5O5S/c1-26-14-4-6-18(26)25-33(31,32)17-10-8-16(9-11-17)23-19(28)7-5-15-27-20(29)22(24-21(27)30)12-2-3-13-22/h8-11H,2-7,12-15H2,1H3,(H,23,28)(H,24,30)/b25-18+. The predicted molar refractivity (Wildman–Crippen MR) is 122 cm³/mol. The summed E-state index contributed by atoms with van der Waals surface area (Å²) in [5.74, 6) is 0.0899. The number of rotatable bonds is 7. The molecule has 0 bridgehead atoms. The van der Waals surface area contributed by atoms with Crippen molar-refractivity contribution in [3.63, 3.8) is 0 Å². The number of nitrogens with zero attached hydrogens (tertiary/aromatic N) is 3. The molecule has 4 amide bonds. The van der Waals surface area contributed by atoms with Crippen LogP contribution in [0.2, 0.25) is 0 Å². The van der Waals surface area contributed by atoms with Crippen LogP contribution >= 0.6 is 0 Å². The monoisotopic (exact) mass is 475 g/mol. The number of likely N-dealkylation sites (tertiary alicyclic amines) is 1. The second kappa shape index (κ2) is 9.12. The molecule has 11 heteroatoms. The summed E-state index contributed by atoms with van der Waals surface area (Å²) in [5, 5.41) is 5.54. The smallest absolute Gasteiger partial charge is 0.325 e. The molecule has 10 nitrogen and oxygen atoms in total. The Hall–Kier alpha value is -2.95. The van der Waals surface area contributed by atoms with Crippen LogP contribution in [0.15, 0.2) is 33.6 Å². The number of nitrogens with one attached hydrogen (secondary N) is 2. The van der Waals surface area contributed by atoms with E-state index in [0.717, 1.165) is 25.8 Å². The first-order valence-electron chi connectivity index (χ1n) is 11.3. The zero-order valence-electron chi connectivity index (χ0n) is 18.7. The van der Waals surface area contributed by atoms with Crippen molar-refractivity contribution in [2.24, 2.45) is 4.40 Å². The zero-order valence-corrected chi connectivity index (χ0v) is 19.5. The average Bonchev–Trinajstić information content (AvgIpc) is 3.45. The molecule has 2 N–H and O–H groups in total. The highest BCUT2D eigenvalue weighted by molar-refractivity contribution is 7.90. The minimum atomic E-state index is -3.81. The van der Waals surface area contributed by atoms with E-state index in [1.54, 1.807) is 0 Å². The molecule has 2 saturated heterocycles. The lowest BCUT2D eigenvalue weighted by molar-refractivity contribution is -0.131. The minimum absolute atomic E-state index is 0.0627. The van der Waals surface area contributed by atoms with Crippen LogP contribution in [-0.4, -0.2) is 67.6 Å². The number of carbonyl (C=O) groups is 3. The van der Waals surface area contributed by atoms with Crippen LogP contribution in [0, 0.1) is 0 Å². The van der Waals surface area contributed by atoms with Gasteiger partial charge in [0.1, 0.15) is 11.4 Å². The van der Waals surface area contributed by atoms with E-state index in [1.165, 1.54) is 29.2 Å². The maximum atomic E-state index is 12.6. The van der Waals surface area contributed by atoms with Crippen LogP contribution in [0.5, 0.6) is 0 Å². The van der Waals surface area contributed by atoms with Gasteiger partial charge in [0.15, 0.2) is 0 Å². The van der Waals surface area contributed by atoms with Crippen LogP contribution in [0.25, 0.3) is 0 Å². The van der Waals surface area contributed by atoms with Gasteiger partial charge in [0.05, 0.1) is 4.90 Å². The molecule has 1 aliphatic carbocycles. The molecule has 0 unspecified atom stereocenters. The molecule has 3 aliphatic rings. The number of benzene rings is 1. The first-order valence-corrected chi connectivity index (χ1v) is 12.7. The second-order valence-electron chi connectivity index (χ2n) is 8.86. The molecule has 0 atom stereocenters. The van der Waals surface area contributed by atoms with Crippen molar-refractivity contribution in [3.05, 3.63) is 24.3 Å². The third-order valence-electron chi connectivity index (χ3n) is 6.48. The van der Waals surface area contributed by atoms with Gasteiger partial charge in [-0.25, -0.2) is 4.79 Å². The van der Waals surface area contributed by atoms with Gasteiger partial charge in [-0.05, 0) is 49.9 Å². The van der Waals surface area contributed by atoms with E-state index in [1.807, 2.05) is 11.9 Å². The lowest BCUT2D eigenvalue weighted by Crippen LogP contribution is -2.44. The lowest BCUT2D eigenvalue weighted by atomic mass is 9.98. The summed E-state index contributed by atoms with van der Waals surface area (Å²) in [7, 11) is -1.99. The van der Waals surface area contributed by atoms with E-state index < -0.39 is 15.6 Å². The first kappa shape index (κ1) is 23.2. The zero-order chi connectivity index (χ0) is 23.6. The van der Waals surface area contributed by atoms with Crippen LogP contribution in [0.4, 0.5) is 10.5 Å². The van der Waals surface area contributed by atoms with E-state index >= 15 is 0 Å². The van der Waals surface area contributed by atoms with Gasteiger partial charge in [-0.1, -0.05) is 12.8 Å². The first-order chi connectivity index (χ1) is 15.7. The highest BCUT2D eigenvalue weighted by Crippen LogP contribution is 2.35. The van der Waals surface area contributed by atoms with Gasteiger partial charge in [-0.15, -0.1) is 4.40 Å². The van der Waals surface area contributed by atoms with Crippen molar-refractivity contribution < 1.29 is 22.8 Å². The fourth-order valence-corrected chi connectivity index (χ4v) is 5.72. The van der Waals surface area contributed by atoms with Gasteiger partial charge in [0.25, 0.3) is 15.9 Å². The quantitative estimate of drug-likeness (QED) is 0.581. The molecule has 3 fully saturated rings. The molecule has 2 aliphatic heterocycles. The van der Waals surface area contributed by atoms with Gasteiger partial charge in [-0.3, -0.25) is 14.5 Å². The van der Waals surface area contributed by atoms with Crippen molar-refractivity contribution in [1.82, 2.24) is 15.1 Å². The van der Waals surface area contributed by atoms with Crippen molar-refractivity contribution in [1.29, 1.82) is 0 Å². The number of anilines is 1. The fourth-order valence-electron chi connectivity index (χ4n) is 4.63. The van der Waals surface area contributed by atoms with E-state index in [0.29, 0.717) is 37.2 Å². The minimum Gasteiger partial charge on any atom is -0.362 e. The Labute approximate surface area is 193 Å². The summed E-state index contributed by atoms with van der Waals surface area (Å²) in [5.41, 5.74) is -0.274. The maximum Gasteiger partial charge on any atom is 0.325 e. The summed E-state index contributed by atoms with van der Waals surface area (Å²) < 4.78 is 29.0. The number of urea groups is 1. The number of amidine groups is 1. The summed E-state index contributed by atoms with van der Waals surface area (Å²) in [6.45, 7) is 0.975. The topological polar surface area (TPSA) is 128 Å². The maximum absolute atomic E-state index is 12.6. The van der Waals surface area contributed by atoms with Crippen LogP contribution in [0.1, 0.15) is 51.4 Å². The third-order valence-corrected chi connectivity index (χ3v) is 7.80. The summed E-state index contributed by atoms with van der Waals surface area (Å²) in [6.07, 6.45) is 5.18. The van der Waals surface area contributed by atoms with Gasteiger partial charge in [0, 0.05) is 38.7 Å². The molecule has 33 heavy (non-hydrogen) atoms. The van der Waals surface area contributed by atoms with E-state index in [2.05, 4.69) is 15.0 Å². The molecule has 1 aromatic rings. The highest BCUT2D eigenvalue weighted by Gasteiger charge is 2.52. The SMILES string of the molecule is CN1CCC/C1=N\S(=O)(=O)c1ccc(NC(=O)CCCN2C(=O)NC3(CCCC3)C2=O)cc1. The number of carbonyl (C=O) groups excluding carboxylic acids is 3. The molecular weight excluding hydrogens is 446 g/mol. The Balaban J connectivity index is 1.28. The Kier molecular flexibility index (Phi) is 6.42. The fraction of sp³-hybridized carbons (Fsp3) is 0.545. The van der Waals surface area contributed by atoms with E-state index in [9.17, 15) is 22.8 Å². The van der Waals surface area contributed by atoms with Crippen molar-refractivity contribution in [3.8, 4) is 0 Å². The second-order valence-corrected chi connectivity index (χ2v) is 10.5. The normalized spacial score (nSPS) is 21.3. The van der Waals surface area contributed by atoms with Crippen LogP contribution in [-0.2, 0) is 19.6 Å². The number of imide groups is 1. The Bertz CT molecular complexity index is 1080. The summed E-state index contributed by atoms with van der Waals surface area (Å²) in [4.78, 5) is 40.2. The molecular formula is C22H29N5O5S. The van der Waals surface area contributed by atoms with E-state index in [4.69, 9.17) is 0 Å². The number of amides is 4. The molecule has 1 saturated carbocycles. The molecule has 4 rings (SSSR count). The molecule has 0 radical (unpaired) electrons. The number of hydrogen-bond acceptors (Lipinski definition) is 5. The summed E-state index contributed by atoms with van der Waals surface area (Å²) >= 11 is 0. The van der Waals surface area contributed by atoms with Crippen molar-refractivity contribution >= 4 is 39.4 Å². The van der Waals surface area contributed by atoms with E-state index in [-0.39, 0.29) is 35.7 Å². The molecule has 1 spiro atoms. The Morgan fingerprint density at radius 2 is 1.85 bits per heavy atom. The van der Waals surface area contributed by atoms with Crippen LogP contribution in [0.3, 0.4) is 0 Å². The van der Waals surface area contributed by atoms with Crippen molar-refractivity contribution in [2.75, 3.05) is 25.5 Å². The Morgan fingerprint density at radius 1 is 1.15 bits per heavy atom. The van der Waals surface area contributed by atoms with Gasteiger partial charge in [-0.2, -0.15) is 8.42 Å². The lowest BCUT2D eigenvalue weighted by Gasteiger charge is -2.19. The molecule has 2 heterocycles. The summed E-state index contributed by atoms with van der Waals surface area (Å²) in [6, 6.07) is 5.48. The third kappa shape index (κ3) is 4.87. The predicted octanol–water partition coefficient (Wildman–Crippen LogP) is 2.08. The van der Waals surface area contributed by atoms with Crippen molar-refractivity contribution in [2.45, 2.75) is 61.8 Å². The number of hydrogen-bond donors (Lipinski definition) is 2. The average molecular weight is 476 g/mol. The number of sulfonamides is 1. The van der Waals surface area contributed by atoms with Gasteiger partial charge >= 0.3 is 6.03 Å². The largest absolute Gasteiger partial charge is 0.362 e. The molecule has 178 valence electrons. The van der Waals surface area contributed by atoms with Crippen LogP contribution < -0.4 is 10.6 Å². The Morgan fingerprint density at radius 3 is 2.48 bits per heavy atom. The van der Waals surface area contributed by atoms with Gasteiger partial charge in [0.2, 0.25) is 5.91 Å². The van der Waals surface area contributed by atoms with Gasteiger partial charge < -0.3 is 15.5 Å².